The Morgan fingerprint density at radius 3 is 2.47 bits per heavy atom. The Labute approximate surface area is 109 Å². The Balaban J connectivity index is 3.39. The van der Waals surface area contributed by atoms with Crippen LogP contribution in [0.25, 0.3) is 12.2 Å². The predicted octanol–water partition coefficient (Wildman–Crippen LogP) is 3.75. The van der Waals surface area contributed by atoms with Gasteiger partial charge in [0.15, 0.2) is 0 Å². The fraction of sp³-hybridized carbons (Fsp3) is 0.375. The summed E-state index contributed by atoms with van der Waals surface area (Å²) in [6, 6.07) is 6.67. The zero-order valence-electron chi connectivity index (χ0n) is 11.2. The van der Waals surface area contributed by atoms with Crippen LogP contribution in [0.15, 0.2) is 28.8 Å². The van der Waals surface area contributed by atoms with Crippen LogP contribution in [-0.2, 0) is 6.42 Å². The standard InChI is InChI=1S/C16H21Cl/c1-5-7-14-8-9-15(6-2)16(11-14)10-12(3)13(4)17/h6,8-11H,5,7H2,1-4H3/b13-12+,15-6?,16-10-. The fourth-order valence-corrected chi connectivity index (χ4v) is 1.84. The van der Waals surface area contributed by atoms with Crippen LogP contribution in [0.2, 0.25) is 0 Å². The predicted molar refractivity (Wildman–Crippen MR) is 78.5 cm³/mol. The smallest absolute Gasteiger partial charge is 0.0179 e. The highest BCUT2D eigenvalue weighted by molar-refractivity contribution is 6.30. The van der Waals surface area contributed by atoms with Crippen molar-refractivity contribution >= 4 is 23.8 Å². The van der Waals surface area contributed by atoms with E-state index in [2.05, 4.69) is 44.2 Å². The second-order valence-electron chi connectivity index (χ2n) is 4.36. The van der Waals surface area contributed by atoms with Crippen LogP contribution in [-0.4, -0.2) is 0 Å². The van der Waals surface area contributed by atoms with E-state index in [4.69, 9.17) is 11.6 Å². The van der Waals surface area contributed by atoms with E-state index in [0.717, 1.165) is 17.0 Å². The molecule has 1 aromatic carbocycles. The van der Waals surface area contributed by atoms with E-state index >= 15 is 0 Å². The lowest BCUT2D eigenvalue weighted by Gasteiger charge is -2.00. The average Bonchev–Trinajstić information content (AvgIpc) is 2.29. The van der Waals surface area contributed by atoms with Crippen LogP contribution in [0, 0.1) is 0 Å². The first-order valence-corrected chi connectivity index (χ1v) is 6.56. The highest BCUT2D eigenvalue weighted by atomic mass is 35.5. The first kappa shape index (κ1) is 14.1. The third-order valence-electron chi connectivity index (χ3n) is 2.92. The molecule has 0 unspecified atom stereocenters. The van der Waals surface area contributed by atoms with Gasteiger partial charge in [0.1, 0.15) is 0 Å². The largest absolute Gasteiger partial charge is 0.0892 e. The Kier molecular flexibility index (Phi) is 5.50. The zero-order valence-corrected chi connectivity index (χ0v) is 11.9. The molecule has 17 heavy (non-hydrogen) atoms. The summed E-state index contributed by atoms with van der Waals surface area (Å²) >= 11 is 6.01. The van der Waals surface area contributed by atoms with Crippen LogP contribution >= 0.6 is 11.6 Å². The molecule has 0 saturated carbocycles. The minimum atomic E-state index is 0.855. The summed E-state index contributed by atoms with van der Waals surface area (Å²) in [5, 5.41) is 3.38. The quantitative estimate of drug-likeness (QED) is 0.764. The summed E-state index contributed by atoms with van der Waals surface area (Å²) < 4.78 is 0. The second kappa shape index (κ2) is 6.66. The molecule has 0 bridgehead atoms. The van der Waals surface area contributed by atoms with Crippen LogP contribution in [0.3, 0.4) is 0 Å². The van der Waals surface area contributed by atoms with Crippen molar-refractivity contribution in [2.24, 2.45) is 0 Å². The van der Waals surface area contributed by atoms with Crippen LogP contribution in [0.5, 0.6) is 0 Å². The first-order chi connectivity index (χ1) is 8.08. The molecule has 0 radical (unpaired) electrons. The average molecular weight is 249 g/mol. The van der Waals surface area contributed by atoms with Crippen molar-refractivity contribution in [1.82, 2.24) is 0 Å². The van der Waals surface area contributed by atoms with E-state index in [0.29, 0.717) is 0 Å². The number of allylic oxidation sites excluding steroid dienone is 2. The third-order valence-corrected chi connectivity index (χ3v) is 3.21. The summed E-state index contributed by atoms with van der Waals surface area (Å²) in [4.78, 5) is 0. The minimum absolute atomic E-state index is 0.855. The molecule has 0 atom stereocenters. The molecule has 0 aromatic heterocycles. The summed E-state index contributed by atoms with van der Waals surface area (Å²) in [6.45, 7) is 8.25. The molecule has 0 N–H and O–H groups in total. The van der Waals surface area contributed by atoms with Crippen molar-refractivity contribution in [2.45, 2.75) is 40.5 Å². The van der Waals surface area contributed by atoms with E-state index in [1.165, 1.54) is 22.4 Å². The van der Waals surface area contributed by atoms with Gasteiger partial charge in [0.2, 0.25) is 0 Å². The van der Waals surface area contributed by atoms with Crippen LogP contribution in [0.1, 0.15) is 39.7 Å². The Morgan fingerprint density at radius 2 is 1.94 bits per heavy atom. The van der Waals surface area contributed by atoms with Gasteiger partial charge in [-0.1, -0.05) is 55.3 Å². The molecule has 0 nitrogen and oxygen atoms in total. The number of halogens is 1. The van der Waals surface area contributed by atoms with Gasteiger partial charge >= 0.3 is 0 Å². The van der Waals surface area contributed by atoms with E-state index in [9.17, 15) is 0 Å². The molecule has 1 aromatic rings. The van der Waals surface area contributed by atoms with Gasteiger partial charge in [-0.15, -0.1) is 0 Å². The summed E-state index contributed by atoms with van der Waals surface area (Å²) in [6.07, 6.45) is 6.61. The van der Waals surface area contributed by atoms with Crippen molar-refractivity contribution in [3.8, 4) is 0 Å². The normalized spacial score (nSPS) is 15.1. The summed E-state index contributed by atoms with van der Waals surface area (Å²) in [5.41, 5.74) is 2.52. The molecule has 0 saturated heterocycles. The maximum absolute atomic E-state index is 6.01. The number of rotatable bonds is 3. The molecule has 0 aliphatic carbocycles. The third kappa shape index (κ3) is 4.05. The van der Waals surface area contributed by atoms with Crippen molar-refractivity contribution in [1.29, 1.82) is 0 Å². The topological polar surface area (TPSA) is 0 Å². The summed E-state index contributed by atoms with van der Waals surface area (Å²) in [7, 11) is 0. The van der Waals surface area contributed by atoms with Gasteiger partial charge in [-0.3, -0.25) is 0 Å². The molecule has 1 heteroatoms. The van der Waals surface area contributed by atoms with Crippen molar-refractivity contribution < 1.29 is 0 Å². The molecule has 0 aliphatic rings. The minimum Gasteiger partial charge on any atom is -0.0892 e. The van der Waals surface area contributed by atoms with E-state index in [1.54, 1.807) is 0 Å². The Hall–Kier alpha value is -1.01. The van der Waals surface area contributed by atoms with Gasteiger partial charge in [-0.05, 0) is 48.8 Å². The monoisotopic (exact) mass is 248 g/mol. The van der Waals surface area contributed by atoms with Crippen molar-refractivity contribution in [3.05, 3.63) is 44.8 Å². The van der Waals surface area contributed by atoms with Gasteiger partial charge in [0.25, 0.3) is 0 Å². The highest BCUT2D eigenvalue weighted by Crippen LogP contribution is 2.08. The van der Waals surface area contributed by atoms with Gasteiger partial charge in [0, 0.05) is 5.03 Å². The van der Waals surface area contributed by atoms with E-state index < -0.39 is 0 Å². The number of aryl methyl sites for hydroxylation is 1. The maximum Gasteiger partial charge on any atom is 0.0179 e. The number of hydrogen-bond acceptors (Lipinski definition) is 0. The number of hydrogen-bond donors (Lipinski definition) is 0. The summed E-state index contributed by atoms with van der Waals surface area (Å²) in [5.74, 6) is 0. The molecule has 0 aliphatic heterocycles. The van der Waals surface area contributed by atoms with Gasteiger partial charge in [-0.2, -0.15) is 0 Å². The second-order valence-corrected chi connectivity index (χ2v) is 4.93. The van der Waals surface area contributed by atoms with Gasteiger partial charge in [-0.25, -0.2) is 0 Å². The Bertz CT molecular complexity index is 517. The van der Waals surface area contributed by atoms with Gasteiger partial charge < -0.3 is 0 Å². The highest BCUT2D eigenvalue weighted by Gasteiger charge is 1.94. The fourth-order valence-electron chi connectivity index (χ4n) is 1.79. The SMILES string of the molecule is CC=c1ccc(CCC)c/c1=C/C(C)=C(\C)Cl. The van der Waals surface area contributed by atoms with E-state index in [-0.39, 0.29) is 0 Å². The first-order valence-electron chi connectivity index (χ1n) is 6.18. The maximum atomic E-state index is 6.01. The lowest BCUT2D eigenvalue weighted by molar-refractivity contribution is 0.920. The molecule has 92 valence electrons. The van der Waals surface area contributed by atoms with Gasteiger partial charge in [0.05, 0.1) is 0 Å². The van der Waals surface area contributed by atoms with E-state index in [1.807, 2.05) is 13.8 Å². The van der Waals surface area contributed by atoms with Crippen molar-refractivity contribution in [3.63, 3.8) is 0 Å². The lowest BCUT2D eigenvalue weighted by atomic mass is 10.1. The van der Waals surface area contributed by atoms with Crippen LogP contribution in [0.4, 0.5) is 0 Å². The molecule has 0 spiro atoms. The molecule has 0 fully saturated rings. The lowest BCUT2D eigenvalue weighted by Crippen LogP contribution is -2.24. The molecule has 1 rings (SSSR count). The Morgan fingerprint density at radius 1 is 1.24 bits per heavy atom. The molecule has 0 heterocycles. The number of benzene rings is 1. The zero-order chi connectivity index (χ0) is 12.8. The van der Waals surface area contributed by atoms with Crippen molar-refractivity contribution in [2.75, 3.05) is 0 Å². The van der Waals surface area contributed by atoms with Crippen LogP contribution < -0.4 is 10.4 Å². The molecule has 0 amide bonds. The molecular formula is C16H21Cl. The molecular weight excluding hydrogens is 228 g/mol.